The molecule has 1 saturated heterocycles. The van der Waals surface area contributed by atoms with Gasteiger partial charge in [0.25, 0.3) is 0 Å². The van der Waals surface area contributed by atoms with Gasteiger partial charge < -0.3 is 19.7 Å². The molecule has 0 amide bonds. The van der Waals surface area contributed by atoms with Crippen molar-refractivity contribution in [3.63, 3.8) is 0 Å². The van der Waals surface area contributed by atoms with Crippen LogP contribution < -0.4 is 5.32 Å². The standard InChI is InChI=1S/C7H13NO.C7H17NO/c1-8-4-2-7(6-9)3-5-8;1-7(2)9-6-4-5-8-3/h6-7H,2-5H2,1H3;7-8H,4-6H2,1-3H3. The molecule has 4 heteroatoms. The van der Waals surface area contributed by atoms with Crippen molar-refractivity contribution >= 4 is 6.29 Å². The van der Waals surface area contributed by atoms with Crippen LogP contribution in [0, 0.1) is 5.92 Å². The molecule has 1 aliphatic heterocycles. The van der Waals surface area contributed by atoms with Crippen molar-refractivity contribution in [1.82, 2.24) is 10.2 Å². The number of nitrogens with zero attached hydrogens (tertiary/aromatic N) is 1. The van der Waals surface area contributed by atoms with E-state index in [1.54, 1.807) is 0 Å². The second-order valence-electron chi connectivity index (χ2n) is 5.15. The third kappa shape index (κ3) is 10.7. The summed E-state index contributed by atoms with van der Waals surface area (Å²) in [7, 11) is 4.05. The van der Waals surface area contributed by atoms with Crippen LogP contribution in [0.4, 0.5) is 0 Å². The van der Waals surface area contributed by atoms with Gasteiger partial charge in [0.1, 0.15) is 6.29 Å². The monoisotopic (exact) mass is 258 g/mol. The molecule has 1 rings (SSSR count). The first kappa shape index (κ1) is 17.6. The summed E-state index contributed by atoms with van der Waals surface area (Å²) in [6.45, 7) is 8.21. The van der Waals surface area contributed by atoms with E-state index in [1.165, 1.54) is 0 Å². The number of nitrogens with one attached hydrogen (secondary N) is 1. The van der Waals surface area contributed by atoms with Crippen LogP contribution in [0.5, 0.6) is 0 Å². The molecule has 1 heterocycles. The number of hydrogen-bond donors (Lipinski definition) is 1. The maximum absolute atomic E-state index is 10.2. The van der Waals surface area contributed by atoms with E-state index in [-0.39, 0.29) is 0 Å². The molecule has 1 N–H and O–H groups in total. The number of carbonyl (C=O) groups excluding carboxylic acids is 1. The molecule has 108 valence electrons. The highest BCUT2D eigenvalue weighted by molar-refractivity contribution is 5.53. The second kappa shape index (κ2) is 11.6. The normalized spacial score (nSPS) is 17.4. The van der Waals surface area contributed by atoms with Gasteiger partial charge in [-0.05, 0) is 66.8 Å². The zero-order valence-corrected chi connectivity index (χ0v) is 12.4. The first-order chi connectivity index (χ1) is 8.60. The van der Waals surface area contributed by atoms with Crippen molar-refractivity contribution in [1.29, 1.82) is 0 Å². The van der Waals surface area contributed by atoms with Crippen LogP contribution >= 0.6 is 0 Å². The third-order valence-electron chi connectivity index (χ3n) is 2.98. The van der Waals surface area contributed by atoms with Crippen molar-refractivity contribution < 1.29 is 9.53 Å². The molecule has 1 fully saturated rings. The molecule has 0 aromatic heterocycles. The fourth-order valence-corrected chi connectivity index (χ4v) is 1.73. The molecule has 18 heavy (non-hydrogen) atoms. The summed E-state index contributed by atoms with van der Waals surface area (Å²) in [6, 6.07) is 0. The van der Waals surface area contributed by atoms with Crippen LogP contribution in [0.1, 0.15) is 33.1 Å². The summed E-state index contributed by atoms with van der Waals surface area (Å²) in [5.41, 5.74) is 0. The van der Waals surface area contributed by atoms with Crippen molar-refractivity contribution in [2.45, 2.75) is 39.2 Å². The van der Waals surface area contributed by atoms with E-state index in [4.69, 9.17) is 4.74 Å². The average molecular weight is 258 g/mol. The number of ether oxygens (including phenoxy) is 1. The van der Waals surface area contributed by atoms with Gasteiger partial charge in [0.05, 0.1) is 6.10 Å². The topological polar surface area (TPSA) is 41.6 Å². The van der Waals surface area contributed by atoms with E-state index in [2.05, 4.69) is 31.1 Å². The largest absolute Gasteiger partial charge is 0.379 e. The molecule has 1 aliphatic rings. The Morgan fingerprint density at radius 2 is 2.00 bits per heavy atom. The van der Waals surface area contributed by atoms with Gasteiger partial charge in [0.2, 0.25) is 0 Å². The lowest BCUT2D eigenvalue weighted by molar-refractivity contribution is -0.112. The maximum atomic E-state index is 10.2. The van der Waals surface area contributed by atoms with Crippen molar-refractivity contribution in [2.75, 3.05) is 40.3 Å². The molecule has 0 saturated carbocycles. The number of rotatable bonds is 6. The van der Waals surface area contributed by atoms with Crippen LogP contribution in [0.15, 0.2) is 0 Å². The molecule has 0 atom stereocenters. The highest BCUT2D eigenvalue weighted by Gasteiger charge is 2.14. The number of carbonyl (C=O) groups is 1. The van der Waals surface area contributed by atoms with E-state index in [1.807, 2.05) is 7.05 Å². The van der Waals surface area contributed by atoms with Crippen LogP contribution in [0.2, 0.25) is 0 Å². The van der Waals surface area contributed by atoms with E-state index < -0.39 is 0 Å². The van der Waals surface area contributed by atoms with Crippen LogP contribution in [-0.4, -0.2) is 57.6 Å². The molecule has 0 radical (unpaired) electrons. The maximum Gasteiger partial charge on any atom is 0.123 e. The first-order valence-corrected chi connectivity index (χ1v) is 7.00. The molecule has 0 bridgehead atoms. The quantitative estimate of drug-likeness (QED) is 0.580. The van der Waals surface area contributed by atoms with E-state index in [0.29, 0.717) is 12.0 Å². The predicted molar refractivity (Wildman–Crippen MR) is 75.9 cm³/mol. The zero-order valence-electron chi connectivity index (χ0n) is 12.4. The summed E-state index contributed by atoms with van der Waals surface area (Å²) < 4.78 is 5.30. The third-order valence-corrected chi connectivity index (χ3v) is 2.98. The number of likely N-dealkylation sites (tertiary alicyclic amines) is 1. The molecular weight excluding hydrogens is 228 g/mol. The SMILES string of the molecule is CN1CCC(C=O)CC1.CNCCCOC(C)C. The van der Waals surface area contributed by atoms with E-state index in [0.717, 1.165) is 51.8 Å². The van der Waals surface area contributed by atoms with Gasteiger partial charge in [-0.3, -0.25) is 0 Å². The highest BCUT2D eigenvalue weighted by Crippen LogP contribution is 2.12. The van der Waals surface area contributed by atoms with Gasteiger partial charge in [-0.25, -0.2) is 0 Å². The van der Waals surface area contributed by atoms with Gasteiger partial charge in [-0.2, -0.15) is 0 Å². The Morgan fingerprint density at radius 1 is 1.39 bits per heavy atom. The Kier molecular flexibility index (Phi) is 11.3. The minimum absolute atomic E-state index is 0.348. The minimum atomic E-state index is 0.348. The van der Waals surface area contributed by atoms with Gasteiger partial charge in [0.15, 0.2) is 0 Å². The smallest absolute Gasteiger partial charge is 0.123 e. The summed E-state index contributed by atoms with van der Waals surface area (Å²) in [6.07, 6.45) is 4.68. The zero-order chi connectivity index (χ0) is 13.8. The number of piperidine rings is 1. The Hall–Kier alpha value is -0.450. The number of aldehydes is 1. The lowest BCUT2D eigenvalue weighted by Gasteiger charge is -2.25. The van der Waals surface area contributed by atoms with Gasteiger partial charge in [-0.1, -0.05) is 0 Å². The molecule has 4 nitrogen and oxygen atoms in total. The van der Waals surface area contributed by atoms with Crippen LogP contribution in [-0.2, 0) is 9.53 Å². The molecule has 0 aliphatic carbocycles. The molecule has 0 aromatic rings. The van der Waals surface area contributed by atoms with Gasteiger partial charge in [-0.15, -0.1) is 0 Å². The van der Waals surface area contributed by atoms with Crippen LogP contribution in [0.25, 0.3) is 0 Å². The van der Waals surface area contributed by atoms with E-state index in [9.17, 15) is 4.79 Å². The Morgan fingerprint density at radius 3 is 2.44 bits per heavy atom. The molecule has 0 aromatic carbocycles. The molecule has 0 unspecified atom stereocenters. The predicted octanol–water partition coefficient (Wildman–Crippen LogP) is 1.55. The lowest BCUT2D eigenvalue weighted by atomic mass is 9.99. The molecule has 0 spiro atoms. The minimum Gasteiger partial charge on any atom is -0.379 e. The molecular formula is C14H30N2O2. The number of hydrogen-bond acceptors (Lipinski definition) is 4. The van der Waals surface area contributed by atoms with Crippen molar-refractivity contribution in [3.8, 4) is 0 Å². The second-order valence-corrected chi connectivity index (χ2v) is 5.15. The summed E-state index contributed by atoms with van der Waals surface area (Å²) >= 11 is 0. The fraction of sp³-hybridized carbons (Fsp3) is 0.929. The Balaban J connectivity index is 0.000000321. The summed E-state index contributed by atoms with van der Waals surface area (Å²) in [5.74, 6) is 0.348. The first-order valence-electron chi connectivity index (χ1n) is 7.00. The highest BCUT2D eigenvalue weighted by atomic mass is 16.5. The lowest BCUT2D eigenvalue weighted by Crippen LogP contribution is -2.30. The summed E-state index contributed by atoms with van der Waals surface area (Å²) in [4.78, 5) is 12.5. The van der Waals surface area contributed by atoms with E-state index >= 15 is 0 Å². The van der Waals surface area contributed by atoms with Gasteiger partial charge in [0, 0.05) is 12.5 Å². The van der Waals surface area contributed by atoms with Gasteiger partial charge >= 0.3 is 0 Å². The Labute approximate surface area is 112 Å². The Bertz CT molecular complexity index is 190. The van der Waals surface area contributed by atoms with Crippen LogP contribution in [0.3, 0.4) is 0 Å². The van der Waals surface area contributed by atoms with Crippen molar-refractivity contribution in [3.05, 3.63) is 0 Å². The average Bonchev–Trinajstić information content (AvgIpc) is 2.36. The summed E-state index contributed by atoms with van der Waals surface area (Å²) in [5, 5.41) is 3.06. The van der Waals surface area contributed by atoms with Crippen molar-refractivity contribution in [2.24, 2.45) is 5.92 Å². The fourth-order valence-electron chi connectivity index (χ4n) is 1.73.